The van der Waals surface area contributed by atoms with Crippen molar-refractivity contribution >= 4 is 33.0 Å². The van der Waals surface area contributed by atoms with E-state index in [0.717, 1.165) is 15.1 Å². The van der Waals surface area contributed by atoms with Crippen molar-refractivity contribution in [2.24, 2.45) is 0 Å². The van der Waals surface area contributed by atoms with Gasteiger partial charge in [0.05, 0.1) is 14.3 Å². The number of hydrogen-bond donors (Lipinski definition) is 0. The summed E-state index contributed by atoms with van der Waals surface area (Å²) in [5.74, 6) is 0.0240. The molecule has 0 spiro atoms. The fourth-order valence-electron chi connectivity index (χ4n) is 1.12. The average molecular weight is 321 g/mol. The second kappa shape index (κ2) is 6.64. The summed E-state index contributed by atoms with van der Waals surface area (Å²) in [6.45, 7) is 4.65. The van der Waals surface area contributed by atoms with Crippen LogP contribution in [0.4, 0.5) is 0 Å². The maximum Gasteiger partial charge on any atom is 0.198 e. The van der Waals surface area contributed by atoms with E-state index in [1.165, 1.54) is 11.3 Å². The van der Waals surface area contributed by atoms with Crippen LogP contribution in [0.1, 0.15) is 29.9 Å². The zero-order valence-electron chi connectivity index (χ0n) is 10.3. The van der Waals surface area contributed by atoms with Crippen LogP contribution in [0.3, 0.4) is 0 Å². The van der Waals surface area contributed by atoms with Gasteiger partial charge in [0.25, 0.3) is 0 Å². The highest BCUT2D eigenvalue weighted by Crippen LogP contribution is 2.22. The zero-order valence-corrected chi connectivity index (χ0v) is 12.7. The van der Waals surface area contributed by atoms with Crippen molar-refractivity contribution in [3.63, 3.8) is 0 Å². The minimum atomic E-state index is -0.199. The minimum absolute atomic E-state index is 0.0240. The van der Waals surface area contributed by atoms with E-state index >= 15 is 0 Å². The predicted octanol–water partition coefficient (Wildman–Crippen LogP) is 3.53. The van der Waals surface area contributed by atoms with Gasteiger partial charge in [0.2, 0.25) is 0 Å². The highest BCUT2D eigenvalue weighted by molar-refractivity contribution is 9.11. The molecule has 1 rings (SSSR count). The van der Waals surface area contributed by atoms with Gasteiger partial charge < -0.3 is 9.47 Å². The Morgan fingerprint density at radius 2 is 2.18 bits per heavy atom. The number of methoxy groups -OCH3 is 1. The molecule has 0 aliphatic carbocycles. The fraction of sp³-hybridized carbons (Fsp3) is 0.583. The molecule has 1 heterocycles. The second-order valence-electron chi connectivity index (χ2n) is 4.29. The molecule has 0 N–H and O–H groups in total. The highest BCUT2D eigenvalue weighted by atomic mass is 79.9. The standard InChI is InChI=1S/C12H17BrO3S/c1-12(2,15-3)6-7-16-8-9(14)10-4-5-11(13)17-10/h4-5H,6-8H2,1-3H3. The second-order valence-corrected chi connectivity index (χ2v) is 6.76. The van der Waals surface area contributed by atoms with E-state index in [-0.39, 0.29) is 18.0 Å². The van der Waals surface area contributed by atoms with Crippen molar-refractivity contribution in [2.75, 3.05) is 20.3 Å². The Morgan fingerprint density at radius 3 is 2.71 bits per heavy atom. The summed E-state index contributed by atoms with van der Waals surface area (Å²) in [5, 5.41) is 0. The molecule has 0 atom stereocenters. The molecule has 17 heavy (non-hydrogen) atoms. The van der Waals surface area contributed by atoms with Crippen LogP contribution in [0.5, 0.6) is 0 Å². The van der Waals surface area contributed by atoms with Crippen LogP contribution >= 0.6 is 27.3 Å². The van der Waals surface area contributed by atoms with Crippen LogP contribution in [0.25, 0.3) is 0 Å². The number of ketones is 1. The van der Waals surface area contributed by atoms with E-state index in [9.17, 15) is 4.79 Å². The molecular weight excluding hydrogens is 304 g/mol. The topological polar surface area (TPSA) is 35.5 Å². The molecule has 1 aromatic heterocycles. The summed E-state index contributed by atoms with van der Waals surface area (Å²) < 4.78 is 11.6. The average Bonchev–Trinajstić information content (AvgIpc) is 2.71. The summed E-state index contributed by atoms with van der Waals surface area (Å²) in [5.41, 5.74) is -0.199. The third kappa shape index (κ3) is 5.29. The first-order valence-electron chi connectivity index (χ1n) is 5.36. The van der Waals surface area contributed by atoms with Gasteiger partial charge in [0.1, 0.15) is 6.61 Å². The first-order valence-corrected chi connectivity index (χ1v) is 6.97. The van der Waals surface area contributed by atoms with Crippen molar-refractivity contribution in [3.05, 3.63) is 20.8 Å². The first kappa shape index (κ1) is 14.8. The lowest BCUT2D eigenvalue weighted by Crippen LogP contribution is -2.25. The van der Waals surface area contributed by atoms with E-state index in [1.54, 1.807) is 13.2 Å². The molecule has 0 radical (unpaired) electrons. The fourth-order valence-corrected chi connectivity index (χ4v) is 2.43. The van der Waals surface area contributed by atoms with E-state index in [2.05, 4.69) is 15.9 Å². The van der Waals surface area contributed by atoms with Gasteiger partial charge in [-0.2, -0.15) is 0 Å². The van der Waals surface area contributed by atoms with Gasteiger partial charge in [-0.3, -0.25) is 4.79 Å². The molecule has 5 heteroatoms. The Bertz CT molecular complexity index is 374. The molecule has 3 nitrogen and oxygen atoms in total. The summed E-state index contributed by atoms with van der Waals surface area (Å²) in [7, 11) is 1.67. The Balaban J connectivity index is 2.26. The lowest BCUT2D eigenvalue weighted by Gasteiger charge is -2.22. The van der Waals surface area contributed by atoms with E-state index < -0.39 is 0 Å². The van der Waals surface area contributed by atoms with Gasteiger partial charge in [-0.05, 0) is 48.3 Å². The monoisotopic (exact) mass is 320 g/mol. The quantitative estimate of drug-likeness (QED) is 0.569. The van der Waals surface area contributed by atoms with Gasteiger partial charge >= 0.3 is 0 Å². The predicted molar refractivity (Wildman–Crippen MR) is 72.9 cm³/mol. The van der Waals surface area contributed by atoms with Crippen LogP contribution in [-0.4, -0.2) is 31.7 Å². The maximum atomic E-state index is 11.7. The Hall–Kier alpha value is -0.230. The number of thiophene rings is 1. The van der Waals surface area contributed by atoms with Crippen LogP contribution in [0.2, 0.25) is 0 Å². The minimum Gasteiger partial charge on any atom is -0.379 e. The summed E-state index contributed by atoms with van der Waals surface area (Å²) in [4.78, 5) is 12.4. The van der Waals surface area contributed by atoms with E-state index in [4.69, 9.17) is 9.47 Å². The molecule has 1 aromatic rings. The third-order valence-corrected chi connectivity index (χ3v) is 4.15. The SMILES string of the molecule is COC(C)(C)CCOCC(=O)c1ccc(Br)s1. The molecule has 0 unspecified atom stereocenters. The van der Waals surface area contributed by atoms with Gasteiger partial charge in [-0.15, -0.1) is 11.3 Å². The van der Waals surface area contributed by atoms with Crippen molar-refractivity contribution in [2.45, 2.75) is 25.9 Å². The summed E-state index contributed by atoms with van der Waals surface area (Å²) >= 11 is 4.75. The van der Waals surface area contributed by atoms with Crippen molar-refractivity contribution in [3.8, 4) is 0 Å². The molecule has 0 saturated heterocycles. The lowest BCUT2D eigenvalue weighted by atomic mass is 10.1. The summed E-state index contributed by atoms with van der Waals surface area (Å²) in [6.07, 6.45) is 0.769. The van der Waals surface area contributed by atoms with Crippen LogP contribution in [0, 0.1) is 0 Å². The van der Waals surface area contributed by atoms with Crippen LogP contribution in [-0.2, 0) is 9.47 Å². The third-order valence-electron chi connectivity index (χ3n) is 2.48. The number of rotatable bonds is 7. The van der Waals surface area contributed by atoms with Gasteiger partial charge in [-0.25, -0.2) is 0 Å². The molecule has 0 saturated carbocycles. The van der Waals surface area contributed by atoms with E-state index in [1.807, 2.05) is 19.9 Å². The molecular formula is C12H17BrO3S. The Kier molecular flexibility index (Phi) is 5.79. The van der Waals surface area contributed by atoms with Crippen LogP contribution in [0.15, 0.2) is 15.9 Å². The Labute approximate surface area is 114 Å². The Morgan fingerprint density at radius 1 is 1.47 bits per heavy atom. The zero-order chi connectivity index (χ0) is 12.9. The van der Waals surface area contributed by atoms with Crippen LogP contribution < -0.4 is 0 Å². The van der Waals surface area contributed by atoms with Gasteiger partial charge in [0.15, 0.2) is 5.78 Å². The molecule has 0 bridgehead atoms. The number of hydrogen-bond acceptors (Lipinski definition) is 4. The highest BCUT2D eigenvalue weighted by Gasteiger charge is 2.16. The number of ether oxygens (including phenoxy) is 2. The molecule has 0 fully saturated rings. The number of carbonyl (C=O) groups is 1. The first-order chi connectivity index (χ1) is 7.94. The number of carbonyl (C=O) groups excluding carboxylic acids is 1. The maximum absolute atomic E-state index is 11.7. The molecule has 0 aromatic carbocycles. The molecule has 0 aliphatic rings. The largest absolute Gasteiger partial charge is 0.379 e. The molecule has 96 valence electrons. The normalized spacial score (nSPS) is 11.8. The van der Waals surface area contributed by atoms with Gasteiger partial charge in [0, 0.05) is 13.7 Å². The number of Topliss-reactive ketones (excluding diaryl/α,β-unsaturated/α-hetero) is 1. The van der Waals surface area contributed by atoms with Crippen molar-refractivity contribution in [1.29, 1.82) is 0 Å². The van der Waals surface area contributed by atoms with E-state index in [0.29, 0.717) is 6.61 Å². The molecule has 0 aliphatic heterocycles. The van der Waals surface area contributed by atoms with Crippen molar-refractivity contribution in [1.82, 2.24) is 0 Å². The van der Waals surface area contributed by atoms with Gasteiger partial charge in [-0.1, -0.05) is 0 Å². The number of halogens is 1. The smallest absolute Gasteiger partial charge is 0.198 e. The molecule has 0 amide bonds. The van der Waals surface area contributed by atoms with Crippen molar-refractivity contribution < 1.29 is 14.3 Å². The summed E-state index contributed by atoms with van der Waals surface area (Å²) in [6, 6.07) is 3.67. The lowest BCUT2D eigenvalue weighted by molar-refractivity contribution is -0.00833.